The summed E-state index contributed by atoms with van der Waals surface area (Å²) >= 11 is 0. The Bertz CT molecular complexity index is 1260. The van der Waals surface area contributed by atoms with Gasteiger partial charge in [-0.2, -0.15) is 0 Å². The molecule has 9 heteroatoms. The third-order valence-corrected chi connectivity index (χ3v) is 6.71. The number of imide groups is 1. The number of piperidine rings is 1. The van der Waals surface area contributed by atoms with Crippen molar-refractivity contribution in [2.45, 2.75) is 59.3 Å². The number of likely N-dealkylation sites (tertiary alicyclic amines) is 1. The van der Waals surface area contributed by atoms with Crippen LogP contribution in [0.4, 0.5) is 4.79 Å². The molecule has 2 saturated heterocycles. The SMILES string of the molecule is C=C/C=c1/c(C)nc(CN2C(=O)C3C(N=C(N4CCCC(C)C4)N3C#CC)N(C)C2=O)n/c1=C/C. The molecule has 0 aromatic carbocycles. The van der Waals surface area contributed by atoms with Gasteiger partial charge in [0, 0.05) is 37.1 Å². The number of carbonyl (C=O) groups excluding carboxylic acids is 2. The highest BCUT2D eigenvalue weighted by atomic mass is 16.2. The van der Waals surface area contributed by atoms with Crippen molar-refractivity contribution in [3.8, 4) is 12.0 Å². The number of carbonyl (C=O) groups is 2. The van der Waals surface area contributed by atoms with Crippen LogP contribution < -0.4 is 10.6 Å². The Morgan fingerprint density at radius 1 is 1.26 bits per heavy atom. The largest absolute Gasteiger partial charge is 0.342 e. The summed E-state index contributed by atoms with van der Waals surface area (Å²) in [4.78, 5) is 47.8. The first-order valence-electron chi connectivity index (χ1n) is 12.1. The van der Waals surface area contributed by atoms with Crippen LogP contribution in [0.5, 0.6) is 0 Å². The fourth-order valence-corrected chi connectivity index (χ4v) is 5.01. The molecule has 3 unspecified atom stereocenters. The number of rotatable bonds is 3. The van der Waals surface area contributed by atoms with Gasteiger partial charge in [-0.1, -0.05) is 37.7 Å². The number of aliphatic imine (C=N–C) groups is 1. The van der Waals surface area contributed by atoms with E-state index in [0.29, 0.717) is 17.7 Å². The highest BCUT2D eigenvalue weighted by molar-refractivity contribution is 6.04. The fourth-order valence-electron chi connectivity index (χ4n) is 5.01. The molecule has 0 spiro atoms. The lowest BCUT2D eigenvalue weighted by Crippen LogP contribution is -2.64. The van der Waals surface area contributed by atoms with E-state index in [9.17, 15) is 9.59 Å². The van der Waals surface area contributed by atoms with Gasteiger partial charge in [-0.3, -0.25) is 14.6 Å². The molecular weight excluding hydrogens is 442 g/mol. The van der Waals surface area contributed by atoms with Gasteiger partial charge in [-0.15, -0.1) is 0 Å². The normalized spacial score (nSPS) is 25.5. The summed E-state index contributed by atoms with van der Waals surface area (Å²) in [5.74, 6) is 4.20. The van der Waals surface area contributed by atoms with Gasteiger partial charge < -0.3 is 9.80 Å². The number of aryl methyl sites for hydroxylation is 1. The van der Waals surface area contributed by atoms with Crippen molar-refractivity contribution in [3.05, 3.63) is 34.7 Å². The summed E-state index contributed by atoms with van der Waals surface area (Å²) in [6.07, 6.45) is 7.03. The Morgan fingerprint density at radius 3 is 2.69 bits per heavy atom. The molecule has 184 valence electrons. The van der Waals surface area contributed by atoms with Crippen molar-refractivity contribution >= 4 is 30.0 Å². The topological polar surface area (TPSA) is 85.2 Å². The molecule has 0 N–H and O–H groups in total. The lowest BCUT2D eigenvalue weighted by atomic mass is 10.0. The number of hydrogen-bond acceptors (Lipinski definition) is 7. The average Bonchev–Trinajstić information content (AvgIpc) is 3.22. The lowest BCUT2D eigenvalue weighted by Gasteiger charge is -2.40. The second-order valence-corrected chi connectivity index (χ2v) is 9.25. The van der Waals surface area contributed by atoms with E-state index in [-0.39, 0.29) is 12.5 Å². The Balaban J connectivity index is 1.68. The minimum Gasteiger partial charge on any atom is -0.342 e. The van der Waals surface area contributed by atoms with Crippen molar-refractivity contribution in [2.24, 2.45) is 10.9 Å². The van der Waals surface area contributed by atoms with Crippen molar-refractivity contribution in [2.75, 3.05) is 20.1 Å². The van der Waals surface area contributed by atoms with Crippen molar-refractivity contribution in [1.29, 1.82) is 0 Å². The minimum atomic E-state index is -0.705. The smallest absolute Gasteiger partial charge is 0.328 e. The summed E-state index contributed by atoms with van der Waals surface area (Å²) in [6, 6.07) is 1.96. The van der Waals surface area contributed by atoms with Crippen LogP contribution in [-0.4, -0.2) is 79.8 Å². The van der Waals surface area contributed by atoms with Gasteiger partial charge in [-0.25, -0.2) is 19.8 Å². The number of hydrogen-bond donors (Lipinski definition) is 0. The first kappa shape index (κ1) is 24.5. The summed E-state index contributed by atoms with van der Waals surface area (Å²) < 4.78 is 0. The summed E-state index contributed by atoms with van der Waals surface area (Å²) in [6.45, 7) is 13.2. The molecular formula is C26H33N7O2. The van der Waals surface area contributed by atoms with Crippen LogP contribution in [0.15, 0.2) is 17.6 Å². The molecule has 35 heavy (non-hydrogen) atoms. The number of fused-ring (bicyclic) bond motifs is 1. The van der Waals surface area contributed by atoms with Crippen LogP contribution in [-0.2, 0) is 11.3 Å². The molecule has 0 saturated carbocycles. The van der Waals surface area contributed by atoms with E-state index in [1.165, 1.54) is 16.2 Å². The van der Waals surface area contributed by atoms with Crippen molar-refractivity contribution in [3.63, 3.8) is 0 Å². The van der Waals surface area contributed by atoms with Crippen molar-refractivity contribution < 1.29 is 9.59 Å². The zero-order valence-corrected chi connectivity index (χ0v) is 21.2. The number of likely N-dealkylation sites (N-methyl/N-ethyl adjacent to an activating group) is 1. The first-order chi connectivity index (χ1) is 16.8. The first-order valence-corrected chi connectivity index (χ1v) is 12.1. The molecule has 3 atom stereocenters. The molecule has 1 aromatic rings. The Morgan fingerprint density at radius 2 is 2.03 bits per heavy atom. The average molecular weight is 476 g/mol. The van der Waals surface area contributed by atoms with Crippen molar-refractivity contribution in [1.82, 2.24) is 29.6 Å². The zero-order chi connectivity index (χ0) is 25.3. The molecule has 0 radical (unpaired) electrons. The van der Waals surface area contributed by atoms with Gasteiger partial charge in [0.2, 0.25) is 5.96 Å². The van der Waals surface area contributed by atoms with E-state index >= 15 is 0 Å². The quantitative estimate of drug-likeness (QED) is 0.607. The number of allylic oxidation sites excluding steroid dienone is 1. The predicted octanol–water partition coefficient (Wildman–Crippen LogP) is 1.02. The predicted molar refractivity (Wildman–Crippen MR) is 135 cm³/mol. The number of nitrogens with zero attached hydrogens (tertiary/aromatic N) is 7. The third kappa shape index (κ3) is 4.41. The minimum absolute atomic E-state index is 0.0231. The van der Waals surface area contributed by atoms with Gasteiger partial charge in [0.25, 0.3) is 5.91 Å². The zero-order valence-electron chi connectivity index (χ0n) is 21.2. The van der Waals surface area contributed by atoms with Gasteiger partial charge in [0.1, 0.15) is 5.82 Å². The molecule has 0 aliphatic carbocycles. The Kier molecular flexibility index (Phi) is 6.92. The number of urea groups is 1. The van der Waals surface area contributed by atoms with E-state index in [1.807, 2.05) is 26.0 Å². The molecule has 1 aromatic heterocycles. The molecule has 3 aliphatic heterocycles. The monoisotopic (exact) mass is 475 g/mol. The summed E-state index contributed by atoms with van der Waals surface area (Å²) in [5.41, 5.74) is 0.760. The molecule has 4 rings (SSSR count). The Hall–Kier alpha value is -3.67. The van der Waals surface area contributed by atoms with Crippen LogP contribution in [0.3, 0.4) is 0 Å². The van der Waals surface area contributed by atoms with Gasteiger partial charge in [-0.05, 0) is 39.5 Å². The Labute approximate surface area is 206 Å². The van der Waals surface area contributed by atoms with Gasteiger partial charge in [0.15, 0.2) is 12.2 Å². The van der Waals surface area contributed by atoms with Crippen LogP contribution in [0, 0.1) is 24.8 Å². The van der Waals surface area contributed by atoms with Crippen LogP contribution in [0.2, 0.25) is 0 Å². The number of aromatic nitrogens is 2. The van der Waals surface area contributed by atoms with Gasteiger partial charge >= 0.3 is 6.03 Å². The fraction of sp³-hybridized carbons (Fsp3) is 0.500. The maximum Gasteiger partial charge on any atom is 0.328 e. The van der Waals surface area contributed by atoms with Crippen LogP contribution in [0.1, 0.15) is 45.1 Å². The maximum absolute atomic E-state index is 13.7. The third-order valence-electron chi connectivity index (χ3n) is 6.71. The van der Waals surface area contributed by atoms with E-state index in [4.69, 9.17) is 4.99 Å². The van der Waals surface area contributed by atoms with E-state index in [0.717, 1.165) is 35.8 Å². The molecule has 9 nitrogen and oxygen atoms in total. The highest BCUT2D eigenvalue weighted by Gasteiger charge is 2.53. The number of amides is 3. The molecule has 2 fully saturated rings. The highest BCUT2D eigenvalue weighted by Crippen LogP contribution is 2.30. The van der Waals surface area contributed by atoms with E-state index < -0.39 is 18.2 Å². The van der Waals surface area contributed by atoms with Crippen LogP contribution >= 0.6 is 0 Å². The maximum atomic E-state index is 13.7. The van der Waals surface area contributed by atoms with E-state index in [2.05, 4.69) is 40.3 Å². The summed E-state index contributed by atoms with van der Waals surface area (Å²) in [7, 11) is 1.68. The molecule has 3 aliphatic rings. The summed E-state index contributed by atoms with van der Waals surface area (Å²) in [5, 5.41) is 1.61. The lowest BCUT2D eigenvalue weighted by molar-refractivity contribution is -0.137. The second kappa shape index (κ2) is 9.90. The number of guanidine groups is 1. The molecule has 4 heterocycles. The van der Waals surface area contributed by atoms with Crippen LogP contribution in [0.25, 0.3) is 12.2 Å². The second-order valence-electron chi connectivity index (χ2n) is 9.25. The van der Waals surface area contributed by atoms with Gasteiger partial charge in [0.05, 0.1) is 11.9 Å². The van der Waals surface area contributed by atoms with E-state index in [1.54, 1.807) is 24.9 Å². The standard InChI is InChI=1S/C26H33N7O2/c1-7-11-19-18(5)27-21(28-20(19)9-3)16-33-24(34)22-23(30(6)26(33)35)29-25(32(22)13-8-2)31-14-10-12-17(4)15-31/h7,9,11,17,22-23H,1,10,12,14-16H2,2-6H3/b19-11-,20-9+. The molecule has 3 amide bonds. The molecule has 0 bridgehead atoms.